The highest BCUT2D eigenvalue weighted by atomic mass is 16.5. The van der Waals surface area contributed by atoms with Crippen LogP contribution in [0.4, 0.5) is 5.95 Å². The molecule has 1 aromatic heterocycles. The van der Waals surface area contributed by atoms with Gasteiger partial charge in [0.25, 0.3) is 5.56 Å². The van der Waals surface area contributed by atoms with E-state index < -0.39 is 0 Å². The number of nitrogens with one attached hydrogen (secondary N) is 1. The van der Waals surface area contributed by atoms with Gasteiger partial charge in [0.05, 0.1) is 10.9 Å². The number of benzene rings is 2. The van der Waals surface area contributed by atoms with Crippen molar-refractivity contribution in [2.75, 3.05) is 11.9 Å². The molecule has 0 saturated heterocycles. The monoisotopic (exact) mass is 307 g/mol. The average Bonchev–Trinajstić information content (AvgIpc) is 2.61. The van der Waals surface area contributed by atoms with Gasteiger partial charge in [-0.15, -0.1) is 0 Å². The second-order valence-electron chi connectivity index (χ2n) is 5.63. The van der Waals surface area contributed by atoms with Crippen molar-refractivity contribution in [3.05, 3.63) is 64.4 Å². The minimum absolute atomic E-state index is 0.0117. The molecular formula is C18H17N3O2. The predicted octanol–water partition coefficient (Wildman–Crippen LogP) is 2.79. The summed E-state index contributed by atoms with van der Waals surface area (Å²) in [6, 6.07) is 15.5. The predicted molar refractivity (Wildman–Crippen MR) is 89.9 cm³/mol. The summed E-state index contributed by atoms with van der Waals surface area (Å²) in [6.45, 7) is 2.04. The van der Waals surface area contributed by atoms with Crippen LogP contribution in [0.15, 0.2) is 53.3 Å². The van der Waals surface area contributed by atoms with E-state index in [-0.39, 0.29) is 5.56 Å². The standard InChI is InChI=1S/C18H17N3O2/c22-17-15-11-14(23-12-13-5-2-1-3-6-13)7-8-16(15)20-18-19-9-4-10-21(17)18/h1-3,5-8,11H,4,9-10,12H2,(H,19,20). The Morgan fingerprint density at radius 3 is 2.91 bits per heavy atom. The summed E-state index contributed by atoms with van der Waals surface area (Å²) in [6.07, 6.45) is 0.935. The van der Waals surface area contributed by atoms with Gasteiger partial charge in [0.2, 0.25) is 5.95 Å². The third-order valence-electron chi connectivity index (χ3n) is 4.02. The molecule has 3 aromatic rings. The summed E-state index contributed by atoms with van der Waals surface area (Å²) in [4.78, 5) is 17.2. The molecule has 2 aromatic carbocycles. The van der Waals surface area contributed by atoms with Gasteiger partial charge in [0, 0.05) is 13.1 Å². The number of fused-ring (bicyclic) bond motifs is 2. The lowest BCUT2D eigenvalue weighted by atomic mass is 10.2. The molecule has 2 heterocycles. The van der Waals surface area contributed by atoms with E-state index in [0.717, 1.165) is 18.5 Å². The Kier molecular flexibility index (Phi) is 3.46. The number of aromatic nitrogens is 2. The third-order valence-corrected chi connectivity index (χ3v) is 4.02. The second kappa shape index (κ2) is 5.76. The molecule has 1 N–H and O–H groups in total. The first-order chi connectivity index (χ1) is 11.3. The molecule has 1 aliphatic rings. The van der Waals surface area contributed by atoms with Crippen molar-refractivity contribution in [2.24, 2.45) is 0 Å². The first-order valence-corrected chi connectivity index (χ1v) is 7.76. The molecule has 5 heteroatoms. The molecule has 116 valence electrons. The Bertz CT molecular complexity index is 903. The largest absolute Gasteiger partial charge is 0.489 e. The molecule has 0 bridgehead atoms. The van der Waals surface area contributed by atoms with Gasteiger partial charge < -0.3 is 10.1 Å². The van der Waals surface area contributed by atoms with E-state index in [2.05, 4.69) is 10.3 Å². The fraction of sp³-hybridized carbons (Fsp3) is 0.222. The summed E-state index contributed by atoms with van der Waals surface area (Å²) >= 11 is 0. The number of hydrogen-bond donors (Lipinski definition) is 1. The number of hydrogen-bond acceptors (Lipinski definition) is 4. The highest BCUT2D eigenvalue weighted by Gasteiger charge is 2.14. The van der Waals surface area contributed by atoms with Crippen LogP contribution in [0.3, 0.4) is 0 Å². The summed E-state index contributed by atoms with van der Waals surface area (Å²) in [5, 5.41) is 3.78. The maximum atomic E-state index is 12.6. The van der Waals surface area contributed by atoms with Crippen molar-refractivity contribution in [1.29, 1.82) is 0 Å². The van der Waals surface area contributed by atoms with E-state index in [9.17, 15) is 4.79 Å². The Morgan fingerprint density at radius 2 is 2.04 bits per heavy atom. The quantitative estimate of drug-likeness (QED) is 0.808. The third kappa shape index (κ3) is 2.65. The maximum Gasteiger partial charge on any atom is 0.262 e. The molecule has 0 unspecified atom stereocenters. The molecule has 0 fully saturated rings. The van der Waals surface area contributed by atoms with E-state index in [1.807, 2.05) is 42.5 Å². The molecule has 0 atom stereocenters. The van der Waals surface area contributed by atoms with Crippen LogP contribution in [-0.4, -0.2) is 16.1 Å². The maximum absolute atomic E-state index is 12.6. The zero-order valence-electron chi connectivity index (χ0n) is 12.7. The van der Waals surface area contributed by atoms with Crippen molar-refractivity contribution in [3.8, 4) is 5.75 Å². The molecule has 0 amide bonds. The van der Waals surface area contributed by atoms with E-state index in [1.165, 1.54) is 0 Å². The smallest absolute Gasteiger partial charge is 0.262 e. The lowest BCUT2D eigenvalue weighted by molar-refractivity contribution is 0.306. The normalized spacial score (nSPS) is 13.4. The summed E-state index contributed by atoms with van der Waals surface area (Å²) < 4.78 is 7.51. The van der Waals surface area contributed by atoms with E-state index in [1.54, 1.807) is 10.6 Å². The van der Waals surface area contributed by atoms with Gasteiger partial charge in [-0.3, -0.25) is 9.36 Å². The molecule has 5 nitrogen and oxygen atoms in total. The average molecular weight is 307 g/mol. The number of nitrogens with zero attached hydrogens (tertiary/aromatic N) is 2. The van der Waals surface area contributed by atoms with Crippen molar-refractivity contribution in [2.45, 2.75) is 19.6 Å². The molecule has 23 heavy (non-hydrogen) atoms. The molecule has 0 aliphatic carbocycles. The fourth-order valence-electron chi connectivity index (χ4n) is 2.81. The van der Waals surface area contributed by atoms with Gasteiger partial charge in [-0.25, -0.2) is 4.98 Å². The van der Waals surface area contributed by atoms with Crippen LogP contribution in [0.25, 0.3) is 10.9 Å². The summed E-state index contributed by atoms with van der Waals surface area (Å²) in [7, 11) is 0. The highest BCUT2D eigenvalue weighted by molar-refractivity contribution is 5.80. The summed E-state index contributed by atoms with van der Waals surface area (Å²) in [5.74, 6) is 1.34. The summed E-state index contributed by atoms with van der Waals surface area (Å²) in [5.41, 5.74) is 1.78. The van der Waals surface area contributed by atoms with Gasteiger partial charge in [-0.1, -0.05) is 30.3 Å². The lowest BCUT2D eigenvalue weighted by Gasteiger charge is -2.19. The van der Waals surface area contributed by atoms with Gasteiger partial charge >= 0.3 is 0 Å². The molecular weight excluding hydrogens is 290 g/mol. The van der Waals surface area contributed by atoms with Crippen LogP contribution in [0.2, 0.25) is 0 Å². The van der Waals surface area contributed by atoms with Crippen LogP contribution in [0.5, 0.6) is 5.75 Å². The van der Waals surface area contributed by atoms with E-state index in [4.69, 9.17) is 4.74 Å². The van der Waals surface area contributed by atoms with Crippen molar-refractivity contribution in [3.63, 3.8) is 0 Å². The topological polar surface area (TPSA) is 56.1 Å². The van der Waals surface area contributed by atoms with Gasteiger partial charge in [0.1, 0.15) is 12.4 Å². The lowest BCUT2D eigenvalue weighted by Crippen LogP contribution is -2.30. The van der Waals surface area contributed by atoms with Crippen molar-refractivity contribution in [1.82, 2.24) is 9.55 Å². The number of ether oxygens (including phenoxy) is 1. The molecule has 0 saturated carbocycles. The van der Waals surface area contributed by atoms with E-state index in [0.29, 0.717) is 35.8 Å². The number of anilines is 1. The van der Waals surface area contributed by atoms with Crippen molar-refractivity contribution >= 4 is 16.9 Å². The second-order valence-corrected chi connectivity index (χ2v) is 5.63. The SMILES string of the molecule is O=c1c2cc(OCc3ccccc3)ccc2nc2n1CCCN2. The minimum atomic E-state index is -0.0117. The van der Waals surface area contributed by atoms with Crippen molar-refractivity contribution < 1.29 is 4.74 Å². The Balaban J connectivity index is 1.67. The van der Waals surface area contributed by atoms with Crippen LogP contribution >= 0.6 is 0 Å². The first-order valence-electron chi connectivity index (χ1n) is 7.76. The van der Waals surface area contributed by atoms with E-state index >= 15 is 0 Å². The Labute approximate surface area is 133 Å². The fourth-order valence-corrected chi connectivity index (χ4v) is 2.81. The number of rotatable bonds is 3. The molecule has 1 aliphatic heterocycles. The van der Waals surface area contributed by atoms with Gasteiger partial charge in [0.15, 0.2) is 0 Å². The Morgan fingerprint density at radius 1 is 1.17 bits per heavy atom. The van der Waals surface area contributed by atoms with Crippen LogP contribution in [0, 0.1) is 0 Å². The zero-order valence-corrected chi connectivity index (χ0v) is 12.7. The zero-order chi connectivity index (χ0) is 15.6. The van der Waals surface area contributed by atoms with Crippen LogP contribution in [0.1, 0.15) is 12.0 Å². The minimum Gasteiger partial charge on any atom is -0.489 e. The van der Waals surface area contributed by atoms with Crippen LogP contribution in [-0.2, 0) is 13.2 Å². The molecule has 0 spiro atoms. The first kappa shape index (κ1) is 13.8. The van der Waals surface area contributed by atoms with Crippen LogP contribution < -0.4 is 15.6 Å². The van der Waals surface area contributed by atoms with Gasteiger partial charge in [-0.2, -0.15) is 0 Å². The highest BCUT2D eigenvalue weighted by Crippen LogP contribution is 2.20. The van der Waals surface area contributed by atoms with Gasteiger partial charge in [-0.05, 0) is 30.2 Å². The molecule has 4 rings (SSSR count). The molecule has 0 radical (unpaired) electrons. The Hall–Kier alpha value is -2.82.